The van der Waals surface area contributed by atoms with Crippen LogP contribution in [0.4, 0.5) is 11.5 Å². The van der Waals surface area contributed by atoms with Gasteiger partial charge in [0.25, 0.3) is 5.91 Å². The molecule has 23 heavy (non-hydrogen) atoms. The SMILES string of the molecule is O=C1Nc2nc(Cl)ccc2/C1=C/Nc1ccc2ncccc2c1. The molecule has 0 unspecified atom stereocenters. The number of carbonyl (C=O) groups excluding carboxylic acids is 1. The first-order valence-corrected chi connectivity index (χ1v) is 7.38. The third kappa shape index (κ3) is 2.51. The van der Waals surface area contributed by atoms with Gasteiger partial charge in [0.2, 0.25) is 0 Å². The van der Waals surface area contributed by atoms with Crippen LogP contribution >= 0.6 is 11.6 Å². The summed E-state index contributed by atoms with van der Waals surface area (Å²) < 4.78 is 0. The number of fused-ring (bicyclic) bond motifs is 2. The lowest BCUT2D eigenvalue weighted by molar-refractivity contribution is -0.110. The highest BCUT2D eigenvalue weighted by Gasteiger charge is 2.25. The summed E-state index contributed by atoms with van der Waals surface area (Å²) in [5, 5.41) is 7.23. The van der Waals surface area contributed by atoms with Crippen molar-refractivity contribution in [1.82, 2.24) is 9.97 Å². The summed E-state index contributed by atoms with van der Waals surface area (Å²) >= 11 is 5.84. The minimum atomic E-state index is -0.204. The molecule has 1 aliphatic rings. The Morgan fingerprint density at radius 2 is 2.09 bits per heavy atom. The van der Waals surface area contributed by atoms with Crippen molar-refractivity contribution >= 4 is 45.5 Å². The first-order chi connectivity index (χ1) is 11.2. The number of nitrogens with zero attached hydrogens (tertiary/aromatic N) is 2. The third-order valence-corrected chi connectivity index (χ3v) is 3.82. The Hall–Kier alpha value is -2.92. The number of pyridine rings is 2. The van der Waals surface area contributed by atoms with Crippen molar-refractivity contribution in [2.75, 3.05) is 10.6 Å². The molecule has 1 aromatic carbocycles. The van der Waals surface area contributed by atoms with Gasteiger partial charge in [-0.05, 0) is 36.4 Å². The molecule has 0 saturated carbocycles. The van der Waals surface area contributed by atoms with E-state index in [2.05, 4.69) is 20.6 Å². The summed E-state index contributed by atoms with van der Waals surface area (Å²) in [5.41, 5.74) is 3.06. The van der Waals surface area contributed by atoms with Gasteiger partial charge in [-0.25, -0.2) is 4.98 Å². The number of halogens is 1. The fourth-order valence-corrected chi connectivity index (χ4v) is 2.66. The van der Waals surface area contributed by atoms with Gasteiger partial charge in [-0.2, -0.15) is 0 Å². The molecule has 2 aromatic heterocycles. The van der Waals surface area contributed by atoms with Crippen molar-refractivity contribution in [3.05, 3.63) is 65.6 Å². The topological polar surface area (TPSA) is 66.9 Å². The van der Waals surface area contributed by atoms with E-state index >= 15 is 0 Å². The lowest BCUT2D eigenvalue weighted by atomic mass is 10.1. The van der Waals surface area contributed by atoms with Crippen molar-refractivity contribution in [2.45, 2.75) is 0 Å². The third-order valence-electron chi connectivity index (χ3n) is 3.61. The maximum atomic E-state index is 12.1. The van der Waals surface area contributed by atoms with Gasteiger partial charge in [-0.15, -0.1) is 0 Å². The number of aromatic nitrogens is 2. The Labute approximate surface area is 137 Å². The molecule has 0 saturated heterocycles. The van der Waals surface area contributed by atoms with E-state index in [1.54, 1.807) is 24.5 Å². The molecule has 0 aliphatic carbocycles. The van der Waals surface area contributed by atoms with Crippen LogP contribution in [0, 0.1) is 0 Å². The van der Waals surface area contributed by atoms with Crippen LogP contribution in [0.5, 0.6) is 0 Å². The van der Waals surface area contributed by atoms with E-state index in [0.29, 0.717) is 16.5 Å². The van der Waals surface area contributed by atoms with E-state index in [1.165, 1.54) is 0 Å². The summed E-state index contributed by atoms with van der Waals surface area (Å²) in [7, 11) is 0. The van der Waals surface area contributed by atoms with Crippen LogP contribution in [-0.4, -0.2) is 15.9 Å². The first-order valence-electron chi connectivity index (χ1n) is 7.00. The Morgan fingerprint density at radius 1 is 1.17 bits per heavy atom. The second-order valence-electron chi connectivity index (χ2n) is 5.10. The van der Waals surface area contributed by atoms with Gasteiger partial charge >= 0.3 is 0 Å². The maximum absolute atomic E-state index is 12.1. The van der Waals surface area contributed by atoms with Crippen LogP contribution in [0.25, 0.3) is 16.5 Å². The molecule has 1 amide bonds. The molecule has 3 aromatic rings. The molecule has 3 heterocycles. The molecule has 5 nitrogen and oxygen atoms in total. The molecule has 0 fully saturated rings. The Kier molecular flexibility index (Phi) is 3.20. The molecule has 0 radical (unpaired) electrons. The van der Waals surface area contributed by atoms with Crippen LogP contribution in [0.2, 0.25) is 5.15 Å². The minimum absolute atomic E-state index is 0.204. The van der Waals surface area contributed by atoms with E-state index in [-0.39, 0.29) is 5.91 Å². The van der Waals surface area contributed by atoms with Gasteiger partial charge in [0.05, 0.1) is 11.1 Å². The van der Waals surface area contributed by atoms with E-state index in [9.17, 15) is 4.79 Å². The van der Waals surface area contributed by atoms with Crippen LogP contribution in [0.3, 0.4) is 0 Å². The second-order valence-corrected chi connectivity index (χ2v) is 5.48. The van der Waals surface area contributed by atoms with Crippen LogP contribution in [0.15, 0.2) is 54.9 Å². The number of hydrogen-bond donors (Lipinski definition) is 2. The number of hydrogen-bond acceptors (Lipinski definition) is 4. The van der Waals surface area contributed by atoms with E-state index in [4.69, 9.17) is 11.6 Å². The Morgan fingerprint density at radius 3 is 3.00 bits per heavy atom. The molecular formula is C17H11ClN4O. The largest absolute Gasteiger partial charge is 0.361 e. The van der Waals surface area contributed by atoms with E-state index in [1.807, 2.05) is 30.3 Å². The zero-order valence-corrected chi connectivity index (χ0v) is 12.6. The molecule has 112 valence electrons. The normalized spacial score (nSPS) is 14.8. The summed E-state index contributed by atoms with van der Waals surface area (Å²) in [6.07, 6.45) is 3.43. The summed E-state index contributed by atoms with van der Waals surface area (Å²) in [6, 6.07) is 13.1. The zero-order valence-electron chi connectivity index (χ0n) is 11.9. The van der Waals surface area contributed by atoms with E-state index in [0.717, 1.165) is 22.2 Å². The predicted molar refractivity (Wildman–Crippen MR) is 91.2 cm³/mol. The van der Waals surface area contributed by atoms with Gasteiger partial charge in [-0.1, -0.05) is 17.7 Å². The summed E-state index contributed by atoms with van der Waals surface area (Å²) in [6.45, 7) is 0. The molecule has 4 rings (SSSR count). The predicted octanol–water partition coefficient (Wildman–Crippen LogP) is 3.69. The number of rotatable bonds is 2. The zero-order chi connectivity index (χ0) is 15.8. The second kappa shape index (κ2) is 5.37. The maximum Gasteiger partial charge on any atom is 0.259 e. The number of anilines is 2. The highest BCUT2D eigenvalue weighted by Crippen LogP contribution is 2.31. The van der Waals surface area contributed by atoms with Gasteiger partial charge in [0.15, 0.2) is 0 Å². The quantitative estimate of drug-likeness (QED) is 0.558. The molecule has 2 N–H and O–H groups in total. The van der Waals surface area contributed by atoms with Crippen LogP contribution in [-0.2, 0) is 4.79 Å². The average molecular weight is 323 g/mol. The number of amides is 1. The van der Waals surface area contributed by atoms with Crippen molar-refractivity contribution in [3.8, 4) is 0 Å². The van der Waals surface area contributed by atoms with Crippen molar-refractivity contribution < 1.29 is 4.79 Å². The fraction of sp³-hybridized carbons (Fsp3) is 0. The summed E-state index contributed by atoms with van der Waals surface area (Å²) in [4.78, 5) is 20.5. The molecule has 1 aliphatic heterocycles. The number of benzene rings is 1. The number of carbonyl (C=O) groups is 1. The van der Waals surface area contributed by atoms with E-state index < -0.39 is 0 Å². The summed E-state index contributed by atoms with van der Waals surface area (Å²) in [5.74, 6) is 0.281. The molecular weight excluding hydrogens is 312 g/mol. The molecule has 0 atom stereocenters. The van der Waals surface area contributed by atoms with Crippen LogP contribution in [0.1, 0.15) is 5.56 Å². The van der Waals surface area contributed by atoms with Crippen molar-refractivity contribution in [2.24, 2.45) is 0 Å². The van der Waals surface area contributed by atoms with Crippen molar-refractivity contribution in [1.29, 1.82) is 0 Å². The van der Waals surface area contributed by atoms with Gasteiger partial charge in [0.1, 0.15) is 11.0 Å². The standard InChI is InChI=1S/C17H11ClN4O/c18-15-6-4-12-13(17(23)22-16(12)21-15)9-20-11-3-5-14-10(8-11)2-1-7-19-14/h1-9,20H,(H,21,22,23)/b13-9-. The van der Waals surface area contributed by atoms with Gasteiger partial charge in [-0.3, -0.25) is 9.78 Å². The lowest BCUT2D eigenvalue weighted by Crippen LogP contribution is -2.05. The Balaban J connectivity index is 1.67. The first kappa shape index (κ1) is 13.7. The van der Waals surface area contributed by atoms with Crippen molar-refractivity contribution in [3.63, 3.8) is 0 Å². The molecule has 0 spiro atoms. The number of nitrogens with one attached hydrogen (secondary N) is 2. The minimum Gasteiger partial charge on any atom is -0.361 e. The van der Waals surface area contributed by atoms with Gasteiger partial charge in [0, 0.05) is 29.0 Å². The fourth-order valence-electron chi connectivity index (χ4n) is 2.51. The molecule has 0 bridgehead atoms. The smallest absolute Gasteiger partial charge is 0.259 e. The monoisotopic (exact) mass is 322 g/mol. The van der Waals surface area contributed by atoms with Crippen LogP contribution < -0.4 is 10.6 Å². The lowest BCUT2D eigenvalue weighted by Gasteiger charge is -2.04. The highest BCUT2D eigenvalue weighted by molar-refractivity contribution is 6.33. The average Bonchev–Trinajstić information content (AvgIpc) is 2.87. The molecule has 6 heteroatoms. The Bertz CT molecular complexity index is 968. The van der Waals surface area contributed by atoms with Gasteiger partial charge < -0.3 is 10.6 Å². The highest BCUT2D eigenvalue weighted by atomic mass is 35.5.